The van der Waals surface area contributed by atoms with Crippen molar-refractivity contribution in [2.24, 2.45) is 5.73 Å². The summed E-state index contributed by atoms with van der Waals surface area (Å²) in [6.07, 6.45) is 3.47. The number of hydrogen-bond donors (Lipinski definition) is 2. The van der Waals surface area contributed by atoms with Crippen LogP contribution in [0.2, 0.25) is 5.02 Å². The van der Waals surface area contributed by atoms with Crippen LogP contribution in [-0.2, 0) is 4.79 Å². The van der Waals surface area contributed by atoms with E-state index in [2.05, 4.69) is 5.32 Å². The molecule has 0 aliphatic rings. The fourth-order valence-electron chi connectivity index (χ4n) is 1.76. The summed E-state index contributed by atoms with van der Waals surface area (Å²) < 4.78 is 0. The smallest absolute Gasteiger partial charge is 0.220 e. The first-order valence-electron chi connectivity index (χ1n) is 6.38. The highest BCUT2D eigenvalue weighted by Crippen LogP contribution is 2.16. The number of hydrogen-bond acceptors (Lipinski definition) is 2. The molecule has 0 aliphatic heterocycles. The Morgan fingerprint density at radius 3 is 2.56 bits per heavy atom. The molecular formula is C14H21ClN2O. The maximum absolute atomic E-state index is 11.7. The van der Waals surface area contributed by atoms with E-state index in [0.717, 1.165) is 24.8 Å². The summed E-state index contributed by atoms with van der Waals surface area (Å²) in [6.45, 7) is 2.67. The summed E-state index contributed by atoms with van der Waals surface area (Å²) in [7, 11) is 0. The predicted molar refractivity (Wildman–Crippen MR) is 75.5 cm³/mol. The number of amides is 1. The number of nitrogens with one attached hydrogen (secondary N) is 1. The lowest BCUT2D eigenvalue weighted by Crippen LogP contribution is -2.26. The Bertz CT molecular complexity index is 365. The van der Waals surface area contributed by atoms with Crippen molar-refractivity contribution in [3.8, 4) is 0 Å². The molecule has 0 bridgehead atoms. The highest BCUT2D eigenvalue weighted by atomic mass is 35.5. The molecule has 1 unspecified atom stereocenters. The van der Waals surface area contributed by atoms with Crippen molar-refractivity contribution in [3.63, 3.8) is 0 Å². The van der Waals surface area contributed by atoms with Crippen LogP contribution < -0.4 is 11.1 Å². The van der Waals surface area contributed by atoms with Gasteiger partial charge < -0.3 is 11.1 Å². The second-order valence-corrected chi connectivity index (χ2v) is 4.88. The fraction of sp³-hybridized carbons (Fsp3) is 0.500. The first-order valence-corrected chi connectivity index (χ1v) is 6.76. The number of carbonyl (C=O) groups excluding carboxylic acids is 1. The Kier molecular flexibility index (Phi) is 6.76. The van der Waals surface area contributed by atoms with Crippen LogP contribution in [0.4, 0.5) is 0 Å². The molecule has 0 fully saturated rings. The fourth-order valence-corrected chi connectivity index (χ4v) is 1.88. The molecule has 3 N–H and O–H groups in total. The van der Waals surface area contributed by atoms with Crippen LogP contribution >= 0.6 is 11.6 Å². The van der Waals surface area contributed by atoms with Crippen LogP contribution in [0.15, 0.2) is 24.3 Å². The van der Waals surface area contributed by atoms with Gasteiger partial charge in [0.2, 0.25) is 5.91 Å². The highest BCUT2D eigenvalue weighted by molar-refractivity contribution is 6.30. The molecular weight excluding hydrogens is 248 g/mol. The highest BCUT2D eigenvalue weighted by Gasteiger charge is 2.08. The van der Waals surface area contributed by atoms with Gasteiger partial charge in [-0.1, -0.05) is 30.2 Å². The van der Waals surface area contributed by atoms with Gasteiger partial charge in [0.1, 0.15) is 0 Å². The Balaban J connectivity index is 2.33. The molecule has 1 aromatic rings. The number of benzene rings is 1. The van der Waals surface area contributed by atoms with Gasteiger partial charge in [0.05, 0.1) is 6.04 Å². The zero-order valence-corrected chi connectivity index (χ0v) is 11.5. The molecule has 1 amide bonds. The SMILES string of the molecule is CC(NC(=O)CCCCCN)c1ccc(Cl)cc1. The van der Waals surface area contributed by atoms with Gasteiger partial charge in [0, 0.05) is 11.4 Å². The van der Waals surface area contributed by atoms with Crippen molar-refractivity contribution in [2.45, 2.75) is 38.6 Å². The van der Waals surface area contributed by atoms with E-state index in [1.165, 1.54) is 0 Å². The molecule has 0 saturated heterocycles. The van der Waals surface area contributed by atoms with E-state index in [4.69, 9.17) is 17.3 Å². The minimum atomic E-state index is 0.0178. The molecule has 18 heavy (non-hydrogen) atoms. The minimum absolute atomic E-state index is 0.0178. The Labute approximate surface area is 114 Å². The summed E-state index contributed by atoms with van der Waals surface area (Å²) >= 11 is 5.82. The number of rotatable bonds is 7. The largest absolute Gasteiger partial charge is 0.350 e. The average molecular weight is 269 g/mol. The lowest BCUT2D eigenvalue weighted by atomic mass is 10.1. The molecule has 0 spiro atoms. The molecule has 0 saturated carbocycles. The standard InChI is InChI=1S/C14H21ClN2O/c1-11(12-6-8-13(15)9-7-12)17-14(18)5-3-2-4-10-16/h6-9,11H,2-5,10,16H2,1H3,(H,17,18). The van der Waals surface area contributed by atoms with Gasteiger partial charge in [0.15, 0.2) is 0 Å². The maximum Gasteiger partial charge on any atom is 0.220 e. The third-order valence-corrected chi connectivity index (χ3v) is 3.11. The van der Waals surface area contributed by atoms with E-state index in [9.17, 15) is 4.79 Å². The van der Waals surface area contributed by atoms with Crippen molar-refractivity contribution < 1.29 is 4.79 Å². The molecule has 0 aliphatic carbocycles. The zero-order valence-electron chi connectivity index (χ0n) is 10.8. The van der Waals surface area contributed by atoms with Gasteiger partial charge >= 0.3 is 0 Å². The number of halogens is 1. The predicted octanol–water partition coefficient (Wildman–Crippen LogP) is 3.04. The van der Waals surface area contributed by atoms with Crippen molar-refractivity contribution in [3.05, 3.63) is 34.9 Å². The molecule has 4 heteroatoms. The number of carbonyl (C=O) groups is 1. The normalized spacial score (nSPS) is 12.2. The maximum atomic E-state index is 11.7. The van der Waals surface area contributed by atoms with Gasteiger partial charge in [-0.05, 0) is 44.0 Å². The first kappa shape index (κ1) is 15.0. The topological polar surface area (TPSA) is 55.1 Å². The van der Waals surface area contributed by atoms with Crippen LogP contribution in [-0.4, -0.2) is 12.5 Å². The molecule has 1 rings (SSSR count). The van der Waals surface area contributed by atoms with Crippen LogP contribution in [0, 0.1) is 0 Å². The number of nitrogens with two attached hydrogens (primary N) is 1. The van der Waals surface area contributed by atoms with Crippen LogP contribution in [0.3, 0.4) is 0 Å². The van der Waals surface area contributed by atoms with E-state index >= 15 is 0 Å². The number of unbranched alkanes of at least 4 members (excludes halogenated alkanes) is 2. The summed E-state index contributed by atoms with van der Waals surface area (Å²) in [6, 6.07) is 7.55. The van der Waals surface area contributed by atoms with Crippen molar-refractivity contribution in [1.29, 1.82) is 0 Å². The molecule has 3 nitrogen and oxygen atoms in total. The Morgan fingerprint density at radius 1 is 1.28 bits per heavy atom. The van der Waals surface area contributed by atoms with Crippen molar-refractivity contribution in [1.82, 2.24) is 5.32 Å². The van der Waals surface area contributed by atoms with E-state index in [-0.39, 0.29) is 11.9 Å². The molecule has 1 atom stereocenters. The van der Waals surface area contributed by atoms with E-state index < -0.39 is 0 Å². The van der Waals surface area contributed by atoms with Crippen molar-refractivity contribution in [2.75, 3.05) is 6.54 Å². The average Bonchev–Trinajstić information content (AvgIpc) is 2.35. The molecule has 0 radical (unpaired) electrons. The van der Waals surface area contributed by atoms with E-state index in [1.807, 2.05) is 31.2 Å². The third kappa shape index (κ3) is 5.52. The van der Waals surface area contributed by atoms with Crippen LogP contribution in [0.25, 0.3) is 0 Å². The summed E-state index contributed by atoms with van der Waals surface area (Å²) in [5.41, 5.74) is 6.47. The Morgan fingerprint density at radius 2 is 1.94 bits per heavy atom. The van der Waals surface area contributed by atoms with Gasteiger partial charge in [0.25, 0.3) is 0 Å². The third-order valence-electron chi connectivity index (χ3n) is 2.86. The lowest BCUT2D eigenvalue weighted by molar-refractivity contribution is -0.121. The van der Waals surface area contributed by atoms with Crippen LogP contribution in [0.1, 0.15) is 44.2 Å². The second-order valence-electron chi connectivity index (χ2n) is 4.44. The van der Waals surface area contributed by atoms with Gasteiger partial charge in [-0.2, -0.15) is 0 Å². The summed E-state index contributed by atoms with van der Waals surface area (Å²) in [5.74, 6) is 0.0921. The van der Waals surface area contributed by atoms with Crippen molar-refractivity contribution >= 4 is 17.5 Å². The van der Waals surface area contributed by atoms with Crippen LogP contribution in [0.5, 0.6) is 0 Å². The molecule has 0 heterocycles. The minimum Gasteiger partial charge on any atom is -0.350 e. The lowest BCUT2D eigenvalue weighted by Gasteiger charge is -2.14. The van der Waals surface area contributed by atoms with Gasteiger partial charge in [-0.15, -0.1) is 0 Å². The molecule has 0 aromatic heterocycles. The van der Waals surface area contributed by atoms with E-state index in [1.54, 1.807) is 0 Å². The quantitative estimate of drug-likeness (QED) is 0.747. The summed E-state index contributed by atoms with van der Waals surface area (Å²) in [4.78, 5) is 11.7. The second kappa shape index (κ2) is 8.11. The molecule has 100 valence electrons. The van der Waals surface area contributed by atoms with Gasteiger partial charge in [-0.3, -0.25) is 4.79 Å². The monoisotopic (exact) mass is 268 g/mol. The van der Waals surface area contributed by atoms with Gasteiger partial charge in [-0.25, -0.2) is 0 Å². The van der Waals surface area contributed by atoms with E-state index in [0.29, 0.717) is 18.0 Å². The first-order chi connectivity index (χ1) is 8.63. The zero-order chi connectivity index (χ0) is 13.4. The Hall–Kier alpha value is -1.06. The summed E-state index contributed by atoms with van der Waals surface area (Å²) in [5, 5.41) is 3.69. The molecule has 1 aromatic carbocycles.